The van der Waals surface area contributed by atoms with Gasteiger partial charge in [0.1, 0.15) is 5.60 Å². The van der Waals surface area contributed by atoms with E-state index < -0.39 is 5.60 Å². The molecule has 0 bridgehead atoms. The van der Waals surface area contributed by atoms with Crippen LogP contribution in [-0.4, -0.2) is 62.5 Å². The van der Waals surface area contributed by atoms with Gasteiger partial charge in [-0.2, -0.15) is 9.78 Å². The molecule has 1 aromatic rings. The molecule has 1 fully saturated rings. The highest BCUT2D eigenvalue weighted by Gasteiger charge is 2.37. The lowest BCUT2D eigenvalue weighted by molar-refractivity contribution is 0.00102. The number of aromatic nitrogens is 2. The van der Waals surface area contributed by atoms with Gasteiger partial charge in [0, 0.05) is 31.4 Å². The third-order valence-electron chi connectivity index (χ3n) is 3.71. The van der Waals surface area contributed by atoms with E-state index >= 15 is 0 Å². The predicted octanol–water partition coefficient (Wildman–Crippen LogP) is 2.49. The number of rotatable bonds is 0. The van der Waals surface area contributed by atoms with Crippen molar-refractivity contribution in [2.75, 3.05) is 13.1 Å². The van der Waals surface area contributed by atoms with E-state index in [4.69, 9.17) is 4.74 Å². The molecule has 2 atom stereocenters. The summed E-state index contributed by atoms with van der Waals surface area (Å²) in [5, 5.41) is 4.18. The standard InChI is InChI=1S/C16H26N4O3/c1-11-7-8-19(17-11)14(21)20-12(2)9-18(10-13(20)3)15(22)23-16(4,5)6/h7-8,12-13H,9-10H2,1-6H3/t12-,13-/m1/s1. The van der Waals surface area contributed by atoms with Gasteiger partial charge < -0.3 is 14.5 Å². The van der Waals surface area contributed by atoms with Gasteiger partial charge in [0.05, 0.1) is 5.69 Å². The average Bonchev–Trinajstić information content (AvgIpc) is 2.82. The van der Waals surface area contributed by atoms with E-state index in [-0.39, 0.29) is 24.2 Å². The Labute approximate surface area is 137 Å². The fourth-order valence-electron chi connectivity index (χ4n) is 2.82. The van der Waals surface area contributed by atoms with Crippen molar-refractivity contribution < 1.29 is 14.3 Å². The molecule has 0 radical (unpaired) electrons. The second-order valence-corrected chi connectivity index (χ2v) is 7.17. The van der Waals surface area contributed by atoms with Crippen LogP contribution in [0.3, 0.4) is 0 Å². The van der Waals surface area contributed by atoms with Crippen molar-refractivity contribution in [1.29, 1.82) is 0 Å². The van der Waals surface area contributed by atoms with Gasteiger partial charge >= 0.3 is 12.1 Å². The smallest absolute Gasteiger partial charge is 0.410 e. The van der Waals surface area contributed by atoms with Crippen molar-refractivity contribution in [3.05, 3.63) is 18.0 Å². The number of carbonyl (C=O) groups excluding carboxylic acids is 2. The van der Waals surface area contributed by atoms with Crippen molar-refractivity contribution in [1.82, 2.24) is 19.6 Å². The summed E-state index contributed by atoms with van der Waals surface area (Å²) in [5.41, 5.74) is 0.273. The van der Waals surface area contributed by atoms with Crippen LogP contribution in [0, 0.1) is 6.92 Å². The van der Waals surface area contributed by atoms with E-state index in [1.807, 2.05) is 41.5 Å². The number of nitrogens with zero attached hydrogens (tertiary/aromatic N) is 4. The topological polar surface area (TPSA) is 67.7 Å². The van der Waals surface area contributed by atoms with Crippen LogP contribution in [0.4, 0.5) is 9.59 Å². The SMILES string of the molecule is Cc1ccn(C(=O)N2[C@H](C)CN(C(=O)OC(C)(C)C)C[C@H]2C)n1. The first-order chi connectivity index (χ1) is 10.6. The lowest BCUT2D eigenvalue weighted by Gasteiger charge is -2.44. The Balaban J connectivity index is 2.08. The first kappa shape index (κ1) is 17.3. The summed E-state index contributed by atoms with van der Waals surface area (Å²) in [7, 11) is 0. The summed E-state index contributed by atoms with van der Waals surface area (Å²) in [6, 6.07) is 1.41. The quantitative estimate of drug-likeness (QED) is 0.736. The molecule has 0 N–H and O–H groups in total. The molecule has 2 amide bonds. The Morgan fingerprint density at radius 1 is 1.22 bits per heavy atom. The molecule has 7 heteroatoms. The second-order valence-electron chi connectivity index (χ2n) is 7.17. The number of ether oxygens (including phenoxy) is 1. The molecule has 0 aromatic carbocycles. The fraction of sp³-hybridized carbons (Fsp3) is 0.688. The predicted molar refractivity (Wildman–Crippen MR) is 86.3 cm³/mol. The van der Waals surface area contributed by atoms with Gasteiger partial charge in [-0.15, -0.1) is 0 Å². The molecule has 0 unspecified atom stereocenters. The second kappa shape index (κ2) is 6.22. The summed E-state index contributed by atoms with van der Waals surface area (Å²) in [6.45, 7) is 12.1. The van der Waals surface area contributed by atoms with Gasteiger partial charge in [-0.3, -0.25) is 0 Å². The van der Waals surface area contributed by atoms with Crippen LogP contribution in [0.2, 0.25) is 0 Å². The normalized spacial score (nSPS) is 22.2. The molecule has 128 valence electrons. The molecule has 0 spiro atoms. The van der Waals surface area contributed by atoms with Crippen LogP contribution in [-0.2, 0) is 4.74 Å². The van der Waals surface area contributed by atoms with E-state index in [0.717, 1.165) is 5.69 Å². The lowest BCUT2D eigenvalue weighted by Crippen LogP contribution is -2.61. The summed E-state index contributed by atoms with van der Waals surface area (Å²) in [4.78, 5) is 28.3. The van der Waals surface area contributed by atoms with Crippen molar-refractivity contribution in [2.24, 2.45) is 0 Å². The largest absolute Gasteiger partial charge is 0.444 e. The zero-order valence-corrected chi connectivity index (χ0v) is 14.7. The number of carbonyl (C=O) groups is 2. The van der Waals surface area contributed by atoms with Crippen molar-refractivity contribution in [2.45, 2.75) is 59.2 Å². The highest BCUT2D eigenvalue weighted by molar-refractivity contribution is 5.77. The van der Waals surface area contributed by atoms with Gasteiger partial charge in [-0.1, -0.05) is 0 Å². The zero-order chi connectivity index (χ0) is 17.4. The number of hydrogen-bond acceptors (Lipinski definition) is 4. The first-order valence-electron chi connectivity index (χ1n) is 7.91. The molecule has 1 saturated heterocycles. The Hall–Kier alpha value is -2.05. The van der Waals surface area contributed by atoms with Crippen molar-refractivity contribution >= 4 is 12.1 Å². The Bertz CT molecular complexity index is 578. The molecule has 1 aliphatic heterocycles. The Morgan fingerprint density at radius 2 is 1.78 bits per heavy atom. The van der Waals surface area contributed by atoms with Crippen LogP contribution < -0.4 is 0 Å². The monoisotopic (exact) mass is 322 g/mol. The van der Waals surface area contributed by atoms with E-state index in [2.05, 4.69) is 5.10 Å². The van der Waals surface area contributed by atoms with Gasteiger partial charge in [0.2, 0.25) is 0 Å². The summed E-state index contributed by atoms with van der Waals surface area (Å²) in [6.07, 6.45) is 1.33. The van der Waals surface area contributed by atoms with Crippen molar-refractivity contribution in [3.8, 4) is 0 Å². The van der Waals surface area contributed by atoms with Crippen LogP contribution >= 0.6 is 0 Å². The third-order valence-corrected chi connectivity index (χ3v) is 3.71. The highest BCUT2D eigenvalue weighted by atomic mass is 16.6. The van der Waals surface area contributed by atoms with E-state index in [1.165, 1.54) is 4.68 Å². The fourth-order valence-corrected chi connectivity index (χ4v) is 2.82. The minimum absolute atomic E-state index is 0.108. The molecular formula is C16H26N4O3. The Morgan fingerprint density at radius 3 is 2.22 bits per heavy atom. The molecule has 23 heavy (non-hydrogen) atoms. The summed E-state index contributed by atoms with van der Waals surface area (Å²) >= 11 is 0. The molecule has 2 rings (SSSR count). The molecule has 2 heterocycles. The van der Waals surface area contributed by atoms with Gasteiger partial charge in [-0.25, -0.2) is 9.59 Å². The summed E-state index contributed by atoms with van der Waals surface area (Å²) in [5.74, 6) is 0. The van der Waals surface area contributed by atoms with Gasteiger partial charge in [0.25, 0.3) is 0 Å². The molecule has 1 aromatic heterocycles. The third kappa shape index (κ3) is 4.03. The molecular weight excluding hydrogens is 296 g/mol. The first-order valence-corrected chi connectivity index (χ1v) is 7.91. The van der Waals surface area contributed by atoms with Gasteiger partial charge in [0.15, 0.2) is 0 Å². The Kier molecular flexibility index (Phi) is 4.68. The zero-order valence-electron chi connectivity index (χ0n) is 14.7. The van der Waals surface area contributed by atoms with Crippen LogP contribution in [0.15, 0.2) is 12.3 Å². The maximum absolute atomic E-state index is 12.6. The maximum atomic E-state index is 12.6. The van der Waals surface area contributed by atoms with Crippen LogP contribution in [0.25, 0.3) is 0 Å². The van der Waals surface area contributed by atoms with Crippen LogP contribution in [0.1, 0.15) is 40.3 Å². The highest BCUT2D eigenvalue weighted by Crippen LogP contribution is 2.19. The number of hydrogen-bond donors (Lipinski definition) is 0. The van der Waals surface area contributed by atoms with Gasteiger partial charge in [-0.05, 0) is 47.6 Å². The van der Waals surface area contributed by atoms with E-state index in [1.54, 1.807) is 22.1 Å². The molecule has 0 saturated carbocycles. The molecule has 1 aliphatic rings. The average molecular weight is 322 g/mol. The molecule has 7 nitrogen and oxygen atoms in total. The number of aryl methyl sites for hydroxylation is 1. The van der Waals surface area contributed by atoms with Crippen molar-refractivity contribution in [3.63, 3.8) is 0 Å². The summed E-state index contributed by atoms with van der Waals surface area (Å²) < 4.78 is 6.78. The van der Waals surface area contributed by atoms with Crippen LogP contribution in [0.5, 0.6) is 0 Å². The molecule has 0 aliphatic carbocycles. The minimum atomic E-state index is -0.525. The number of piperazine rings is 1. The van der Waals surface area contributed by atoms with E-state index in [9.17, 15) is 9.59 Å². The maximum Gasteiger partial charge on any atom is 0.410 e. The lowest BCUT2D eigenvalue weighted by atomic mass is 10.1. The number of amides is 2. The minimum Gasteiger partial charge on any atom is -0.444 e. The van der Waals surface area contributed by atoms with E-state index in [0.29, 0.717) is 13.1 Å².